The van der Waals surface area contributed by atoms with E-state index in [0.29, 0.717) is 36.9 Å². The predicted molar refractivity (Wildman–Crippen MR) is 242 cm³/mol. The van der Waals surface area contributed by atoms with Crippen LogP contribution in [-0.4, -0.2) is 97.1 Å². The van der Waals surface area contributed by atoms with Crippen LogP contribution in [0.1, 0.15) is 94.3 Å². The second-order valence-electron chi connectivity index (χ2n) is 17.7. The van der Waals surface area contributed by atoms with Crippen molar-refractivity contribution in [3.63, 3.8) is 0 Å². The number of benzene rings is 3. The number of nitrogens with zero attached hydrogens (tertiary/aromatic N) is 4. The molecule has 3 aliphatic heterocycles. The van der Waals surface area contributed by atoms with Crippen molar-refractivity contribution in [1.29, 1.82) is 0 Å². The summed E-state index contributed by atoms with van der Waals surface area (Å²) >= 11 is 0. The summed E-state index contributed by atoms with van der Waals surface area (Å²) in [7, 11) is 1.29. The number of aromatic nitrogens is 5. The van der Waals surface area contributed by atoms with Gasteiger partial charge in [-0.15, -0.1) is 0 Å². The Morgan fingerprint density at radius 2 is 1.35 bits per heavy atom. The molecule has 1 unspecified atom stereocenters. The highest BCUT2D eigenvalue weighted by molar-refractivity contribution is 6.24. The molecule has 2 fully saturated rings. The molecule has 6 heterocycles. The average molecular weight is 880 g/mol. The third kappa shape index (κ3) is 8.13. The summed E-state index contributed by atoms with van der Waals surface area (Å²) < 4.78 is 11.8. The minimum atomic E-state index is -0.827. The number of imidazole rings is 2. The fourth-order valence-corrected chi connectivity index (χ4v) is 9.60. The Kier molecular flexibility index (Phi) is 11.7. The molecular weight excluding hydrogens is 827 g/mol. The Morgan fingerprint density at radius 3 is 1.94 bits per heavy atom. The van der Waals surface area contributed by atoms with Gasteiger partial charge in [0.2, 0.25) is 18.1 Å². The number of amides is 4. The number of fused-ring (bicyclic) bond motifs is 5. The van der Waals surface area contributed by atoms with Crippen molar-refractivity contribution in [2.75, 3.05) is 20.2 Å². The summed E-state index contributed by atoms with van der Waals surface area (Å²) in [5, 5.41) is 6.29. The topological polar surface area (TPSA) is 207 Å². The summed E-state index contributed by atoms with van der Waals surface area (Å²) in [4.78, 5) is 86.5. The lowest BCUT2D eigenvalue weighted by Gasteiger charge is -2.30. The molecule has 3 aromatic carbocycles. The molecule has 0 radical (unpaired) electrons. The highest BCUT2D eigenvalue weighted by Crippen LogP contribution is 2.49. The number of H-pyrrole nitrogens is 3. The normalized spacial score (nSPS) is 18.8. The first-order valence-corrected chi connectivity index (χ1v) is 22.3. The Labute approximate surface area is 375 Å². The first kappa shape index (κ1) is 43.0. The summed E-state index contributed by atoms with van der Waals surface area (Å²) in [6, 6.07) is 20.4. The first-order valence-electron chi connectivity index (χ1n) is 22.3. The maximum Gasteiger partial charge on any atom is 0.407 e. The Balaban J connectivity index is 1.01. The fraction of sp³-hybridized carbons (Fsp3) is 0.367. The predicted octanol–water partition coefficient (Wildman–Crippen LogP) is 7.14. The number of hydrogen-bond acceptors (Lipinski definition) is 9. The van der Waals surface area contributed by atoms with E-state index >= 15 is 0 Å². The summed E-state index contributed by atoms with van der Waals surface area (Å²) in [5.74, 6) is 0.474. The molecule has 0 aliphatic carbocycles. The largest absolute Gasteiger partial charge is 0.480 e. The minimum absolute atomic E-state index is 0.136. The molecule has 3 aromatic heterocycles. The number of aromatic amines is 3. The SMILES string of the molecule is COC(=O)N[C@H](C(=O)N1CCC[C@H]1c1ncc(-c2ccc3[nH]c4c(c3c2)C(c2ccccc2)Oc2cc(-c3cnc([C@@H]5CCCN5C(=O)[C@@H](NC(=O)C=O)C(C)C)[nH]3)ccc2-4)[nH]1)C(C)C. The van der Waals surface area contributed by atoms with E-state index in [2.05, 4.69) is 62.0 Å². The van der Waals surface area contributed by atoms with Crippen molar-refractivity contribution in [3.8, 4) is 39.5 Å². The smallest absolute Gasteiger partial charge is 0.407 e. The average Bonchev–Trinajstić information content (AvgIpc) is 4.18. The van der Waals surface area contributed by atoms with Crippen LogP contribution in [0.15, 0.2) is 79.1 Å². The molecule has 16 nitrogen and oxygen atoms in total. The van der Waals surface area contributed by atoms with Crippen molar-refractivity contribution < 1.29 is 33.4 Å². The molecule has 0 bridgehead atoms. The van der Waals surface area contributed by atoms with Crippen LogP contribution in [0.25, 0.3) is 44.7 Å². The van der Waals surface area contributed by atoms with Gasteiger partial charge < -0.3 is 44.9 Å². The van der Waals surface area contributed by atoms with E-state index in [1.807, 2.05) is 69.1 Å². The van der Waals surface area contributed by atoms with Crippen LogP contribution in [0.4, 0.5) is 4.79 Å². The molecule has 0 spiro atoms. The van der Waals surface area contributed by atoms with Crippen LogP contribution in [0.2, 0.25) is 0 Å². The number of aldehydes is 1. The Hall–Kier alpha value is -7.23. The second-order valence-corrected chi connectivity index (χ2v) is 17.7. The molecule has 4 amide bonds. The standard InChI is InChI=1S/C49H53N9O7/c1-26(2)41(55-39(60)25-59)47(61)57-19-9-13-36(57)46-51-24-35(54-46)30-15-17-31-38(22-30)65-44(28-11-7-6-8-12-28)40-32-21-29(16-18-33(32)52-43(31)40)34-23-50-45(53-34)37-14-10-20-58(37)48(62)42(27(3)4)56-49(63)64-5/h6-8,11-12,15-18,21-27,36-37,41-42,44,52H,9-10,13-14,19-20H2,1-5H3,(H,50,53)(H,51,54)(H,55,60)(H,56,63)/t36-,37-,41-,42-,44?/m0/s1. The molecule has 65 heavy (non-hydrogen) atoms. The zero-order chi connectivity index (χ0) is 45.5. The summed E-state index contributed by atoms with van der Waals surface area (Å²) in [5.41, 5.74) is 8.19. The van der Waals surface area contributed by atoms with E-state index in [9.17, 15) is 24.0 Å². The van der Waals surface area contributed by atoms with Gasteiger partial charge in [0, 0.05) is 46.2 Å². The van der Waals surface area contributed by atoms with Gasteiger partial charge in [0.05, 0.1) is 48.7 Å². The first-order chi connectivity index (χ1) is 31.4. The Morgan fingerprint density at radius 1 is 0.769 bits per heavy atom. The van der Waals surface area contributed by atoms with Gasteiger partial charge in [0.15, 0.2) is 6.10 Å². The van der Waals surface area contributed by atoms with Crippen molar-refractivity contribution in [3.05, 3.63) is 102 Å². The molecule has 9 rings (SSSR count). The van der Waals surface area contributed by atoms with Gasteiger partial charge in [-0.05, 0) is 67.3 Å². The van der Waals surface area contributed by atoms with E-state index in [-0.39, 0.29) is 42.0 Å². The number of carbonyl (C=O) groups excluding carboxylic acids is 5. The number of carbonyl (C=O) groups is 5. The maximum absolute atomic E-state index is 13.8. The summed E-state index contributed by atoms with van der Waals surface area (Å²) in [6.07, 6.45) is 5.75. The zero-order valence-corrected chi connectivity index (χ0v) is 37.0. The van der Waals surface area contributed by atoms with Crippen molar-refractivity contribution >= 4 is 41.0 Å². The molecule has 336 valence electrons. The lowest BCUT2D eigenvalue weighted by atomic mass is 9.91. The highest BCUT2D eigenvalue weighted by Gasteiger charge is 2.39. The molecule has 0 saturated carbocycles. The van der Waals surface area contributed by atoms with Crippen molar-refractivity contribution in [2.24, 2.45) is 11.8 Å². The van der Waals surface area contributed by atoms with E-state index in [4.69, 9.17) is 19.4 Å². The van der Waals surface area contributed by atoms with E-state index in [1.165, 1.54) is 7.11 Å². The lowest BCUT2D eigenvalue weighted by molar-refractivity contribution is -0.140. The van der Waals surface area contributed by atoms with Gasteiger partial charge >= 0.3 is 6.09 Å². The van der Waals surface area contributed by atoms with Crippen LogP contribution in [0, 0.1) is 11.8 Å². The van der Waals surface area contributed by atoms with Crippen molar-refractivity contribution in [1.82, 2.24) is 45.4 Å². The molecule has 5 N–H and O–H groups in total. The third-order valence-corrected chi connectivity index (χ3v) is 12.9. The van der Waals surface area contributed by atoms with Crippen LogP contribution in [0.5, 0.6) is 5.75 Å². The third-order valence-electron chi connectivity index (χ3n) is 12.9. The van der Waals surface area contributed by atoms with Gasteiger partial charge in [-0.2, -0.15) is 0 Å². The molecule has 16 heteroatoms. The van der Waals surface area contributed by atoms with Gasteiger partial charge in [0.1, 0.15) is 29.5 Å². The van der Waals surface area contributed by atoms with Gasteiger partial charge in [-0.25, -0.2) is 14.8 Å². The number of nitrogens with one attached hydrogen (secondary N) is 5. The summed E-state index contributed by atoms with van der Waals surface area (Å²) in [6.45, 7) is 8.56. The molecule has 6 aromatic rings. The van der Waals surface area contributed by atoms with Crippen LogP contribution in [-0.2, 0) is 23.9 Å². The Bertz CT molecular complexity index is 2770. The zero-order valence-electron chi connectivity index (χ0n) is 37.0. The maximum atomic E-state index is 13.8. The van der Waals surface area contributed by atoms with Crippen LogP contribution < -0.4 is 15.4 Å². The van der Waals surface area contributed by atoms with Crippen LogP contribution in [0.3, 0.4) is 0 Å². The number of rotatable bonds is 12. The lowest BCUT2D eigenvalue weighted by Crippen LogP contribution is -2.51. The monoisotopic (exact) mass is 879 g/mol. The van der Waals surface area contributed by atoms with Crippen LogP contribution >= 0.6 is 0 Å². The number of likely N-dealkylation sites (tertiary alicyclic amines) is 2. The van der Waals surface area contributed by atoms with Crippen molar-refractivity contribution in [2.45, 2.75) is 83.6 Å². The number of methoxy groups -OCH3 is 1. The number of ether oxygens (including phenoxy) is 2. The molecule has 3 aliphatic rings. The van der Waals surface area contributed by atoms with E-state index in [0.717, 1.165) is 75.1 Å². The number of alkyl carbamates (subject to hydrolysis) is 1. The quantitative estimate of drug-likeness (QED) is 0.0624. The second kappa shape index (κ2) is 17.7. The molecule has 2 saturated heterocycles. The number of hydrogen-bond donors (Lipinski definition) is 5. The fourth-order valence-electron chi connectivity index (χ4n) is 9.60. The molecular formula is C49H53N9O7. The molecule has 5 atom stereocenters. The highest BCUT2D eigenvalue weighted by atomic mass is 16.5. The van der Waals surface area contributed by atoms with Gasteiger partial charge in [0.25, 0.3) is 5.91 Å². The van der Waals surface area contributed by atoms with Gasteiger partial charge in [-0.1, -0.05) is 70.2 Å². The van der Waals surface area contributed by atoms with E-state index in [1.54, 1.807) is 11.1 Å². The van der Waals surface area contributed by atoms with E-state index < -0.39 is 30.2 Å². The minimum Gasteiger partial charge on any atom is -0.480 e. The van der Waals surface area contributed by atoms with Gasteiger partial charge in [-0.3, -0.25) is 19.2 Å².